The predicted molar refractivity (Wildman–Crippen MR) is 96.3 cm³/mol. The molecule has 0 radical (unpaired) electrons. The summed E-state index contributed by atoms with van der Waals surface area (Å²) in [6.45, 7) is 8.31. The number of guanidine groups is 1. The molecule has 21 heavy (non-hydrogen) atoms. The molecule has 7 heteroatoms. The van der Waals surface area contributed by atoms with E-state index < -0.39 is 0 Å². The highest BCUT2D eigenvalue weighted by atomic mass is 127. The van der Waals surface area contributed by atoms with E-state index in [4.69, 9.17) is 4.74 Å². The van der Waals surface area contributed by atoms with Gasteiger partial charge >= 0.3 is 0 Å². The minimum Gasteiger partial charge on any atom is -0.381 e. The van der Waals surface area contributed by atoms with E-state index in [9.17, 15) is 4.79 Å². The summed E-state index contributed by atoms with van der Waals surface area (Å²) < 4.78 is 5.39. The molecule has 1 aliphatic heterocycles. The van der Waals surface area contributed by atoms with Crippen LogP contribution in [0.5, 0.6) is 0 Å². The van der Waals surface area contributed by atoms with E-state index in [0.717, 1.165) is 45.1 Å². The largest absolute Gasteiger partial charge is 0.381 e. The van der Waals surface area contributed by atoms with Crippen LogP contribution in [-0.4, -0.2) is 63.2 Å². The number of halogens is 1. The number of amides is 1. The number of nitrogens with zero attached hydrogens (tertiary/aromatic N) is 2. The molecule has 0 aromatic rings. The van der Waals surface area contributed by atoms with E-state index in [0.29, 0.717) is 12.5 Å². The molecular weight excluding hydrogens is 383 g/mol. The van der Waals surface area contributed by atoms with Crippen molar-refractivity contribution in [1.29, 1.82) is 0 Å². The van der Waals surface area contributed by atoms with Crippen LogP contribution < -0.4 is 10.6 Å². The first-order chi connectivity index (χ1) is 9.67. The minimum atomic E-state index is -0.0279. The molecule has 1 heterocycles. The Morgan fingerprint density at radius 3 is 2.71 bits per heavy atom. The highest BCUT2D eigenvalue weighted by Crippen LogP contribution is 2.13. The third-order valence-electron chi connectivity index (χ3n) is 3.20. The van der Waals surface area contributed by atoms with Gasteiger partial charge in [0.1, 0.15) is 6.54 Å². The normalized spacial score (nSPS) is 18.0. The zero-order valence-corrected chi connectivity index (χ0v) is 15.7. The van der Waals surface area contributed by atoms with E-state index in [1.807, 2.05) is 20.9 Å². The standard InChI is InChI=1S/C14H28N4O2.HI/c1-4-7-16-13(19)9-17-14(15-5-2)18(3)10-12-6-8-20-11-12;/h12H,4-11H2,1-3H3,(H,15,17)(H,16,19);1H. The Bertz CT molecular complexity index is 320. The van der Waals surface area contributed by atoms with E-state index in [-0.39, 0.29) is 36.4 Å². The van der Waals surface area contributed by atoms with E-state index in [2.05, 4.69) is 20.5 Å². The Labute approximate surface area is 145 Å². The number of aliphatic imine (C=N–C) groups is 1. The fourth-order valence-corrected chi connectivity index (χ4v) is 2.14. The van der Waals surface area contributed by atoms with Gasteiger partial charge in [-0.15, -0.1) is 24.0 Å². The van der Waals surface area contributed by atoms with Gasteiger partial charge in [0.05, 0.1) is 6.61 Å². The summed E-state index contributed by atoms with van der Waals surface area (Å²) in [6, 6.07) is 0. The number of carbonyl (C=O) groups is 1. The van der Waals surface area contributed by atoms with Gasteiger partial charge in [0, 0.05) is 39.2 Å². The molecular formula is C14H29IN4O2. The summed E-state index contributed by atoms with van der Waals surface area (Å²) in [6.07, 6.45) is 2.04. The molecule has 0 aromatic carbocycles. The third-order valence-corrected chi connectivity index (χ3v) is 3.20. The first-order valence-electron chi connectivity index (χ1n) is 7.51. The van der Waals surface area contributed by atoms with Crippen LogP contribution in [0.1, 0.15) is 26.7 Å². The Morgan fingerprint density at radius 2 is 2.14 bits per heavy atom. The van der Waals surface area contributed by atoms with Gasteiger partial charge in [-0.1, -0.05) is 6.92 Å². The van der Waals surface area contributed by atoms with Gasteiger partial charge in [0.25, 0.3) is 0 Å². The van der Waals surface area contributed by atoms with Crippen molar-refractivity contribution in [3.63, 3.8) is 0 Å². The fourth-order valence-electron chi connectivity index (χ4n) is 2.14. The Balaban J connectivity index is 0.00000400. The average molecular weight is 412 g/mol. The maximum absolute atomic E-state index is 11.6. The highest BCUT2D eigenvalue weighted by Gasteiger charge is 2.19. The summed E-state index contributed by atoms with van der Waals surface area (Å²) in [5.74, 6) is 1.31. The molecule has 2 N–H and O–H groups in total. The molecule has 1 rings (SSSR count). The molecule has 0 aromatic heterocycles. The molecule has 0 bridgehead atoms. The van der Waals surface area contributed by atoms with Gasteiger partial charge < -0.3 is 20.3 Å². The Kier molecular flexibility index (Phi) is 11.7. The molecule has 6 nitrogen and oxygen atoms in total. The van der Waals surface area contributed by atoms with Crippen LogP contribution in [0.25, 0.3) is 0 Å². The second-order valence-electron chi connectivity index (χ2n) is 5.13. The molecule has 1 aliphatic rings. The number of nitrogens with one attached hydrogen (secondary N) is 2. The van der Waals surface area contributed by atoms with Crippen LogP contribution >= 0.6 is 24.0 Å². The SMILES string of the molecule is CCCNC(=O)CN=C(NCC)N(C)CC1CCOC1.I. The lowest BCUT2D eigenvalue weighted by molar-refractivity contribution is -0.119. The summed E-state index contributed by atoms with van der Waals surface area (Å²) in [5, 5.41) is 6.05. The molecule has 0 spiro atoms. The Morgan fingerprint density at radius 1 is 1.38 bits per heavy atom. The third kappa shape index (κ3) is 8.45. The van der Waals surface area contributed by atoms with Crippen molar-refractivity contribution >= 4 is 35.8 Å². The summed E-state index contributed by atoms with van der Waals surface area (Å²) >= 11 is 0. The van der Waals surface area contributed by atoms with Crippen LogP contribution in [-0.2, 0) is 9.53 Å². The second-order valence-corrected chi connectivity index (χ2v) is 5.13. The van der Waals surface area contributed by atoms with Gasteiger partial charge in [-0.2, -0.15) is 0 Å². The first kappa shape index (κ1) is 20.4. The molecule has 1 unspecified atom stereocenters. The summed E-state index contributed by atoms with van der Waals surface area (Å²) in [7, 11) is 2.00. The second kappa shape index (κ2) is 12.0. The summed E-state index contributed by atoms with van der Waals surface area (Å²) in [4.78, 5) is 18.1. The fraction of sp³-hybridized carbons (Fsp3) is 0.857. The molecule has 1 atom stereocenters. The van der Waals surface area contributed by atoms with E-state index in [1.54, 1.807) is 0 Å². The zero-order chi connectivity index (χ0) is 14.8. The lowest BCUT2D eigenvalue weighted by Gasteiger charge is -2.24. The predicted octanol–water partition coefficient (Wildman–Crippen LogP) is 1.06. The molecule has 0 aliphatic carbocycles. The highest BCUT2D eigenvalue weighted by molar-refractivity contribution is 14.0. The van der Waals surface area contributed by atoms with Gasteiger partial charge in [0.15, 0.2) is 5.96 Å². The number of hydrogen-bond acceptors (Lipinski definition) is 3. The van der Waals surface area contributed by atoms with Crippen LogP contribution in [0.15, 0.2) is 4.99 Å². The van der Waals surface area contributed by atoms with Crippen molar-refractivity contribution in [1.82, 2.24) is 15.5 Å². The van der Waals surface area contributed by atoms with Crippen molar-refractivity contribution in [3.05, 3.63) is 0 Å². The smallest absolute Gasteiger partial charge is 0.241 e. The minimum absolute atomic E-state index is 0. The Hall–Kier alpha value is -0.570. The van der Waals surface area contributed by atoms with Crippen LogP contribution in [0.2, 0.25) is 0 Å². The quantitative estimate of drug-likeness (QED) is 0.373. The number of hydrogen-bond donors (Lipinski definition) is 2. The van der Waals surface area contributed by atoms with E-state index >= 15 is 0 Å². The van der Waals surface area contributed by atoms with Crippen molar-refractivity contribution in [2.24, 2.45) is 10.9 Å². The number of carbonyl (C=O) groups excluding carboxylic acids is 1. The monoisotopic (exact) mass is 412 g/mol. The lowest BCUT2D eigenvalue weighted by atomic mass is 10.1. The molecule has 124 valence electrons. The zero-order valence-electron chi connectivity index (χ0n) is 13.4. The van der Waals surface area contributed by atoms with Crippen molar-refractivity contribution in [3.8, 4) is 0 Å². The first-order valence-corrected chi connectivity index (χ1v) is 7.51. The summed E-state index contributed by atoms with van der Waals surface area (Å²) in [5.41, 5.74) is 0. The van der Waals surface area contributed by atoms with Crippen LogP contribution in [0.4, 0.5) is 0 Å². The van der Waals surface area contributed by atoms with Crippen LogP contribution in [0, 0.1) is 5.92 Å². The topological polar surface area (TPSA) is 66.0 Å². The maximum Gasteiger partial charge on any atom is 0.241 e. The van der Waals surface area contributed by atoms with Gasteiger partial charge in [-0.05, 0) is 19.8 Å². The number of ether oxygens (including phenoxy) is 1. The number of rotatable bonds is 7. The van der Waals surface area contributed by atoms with Gasteiger partial charge in [-0.25, -0.2) is 4.99 Å². The van der Waals surface area contributed by atoms with E-state index in [1.165, 1.54) is 0 Å². The van der Waals surface area contributed by atoms with Gasteiger partial charge in [0.2, 0.25) is 5.91 Å². The lowest BCUT2D eigenvalue weighted by Crippen LogP contribution is -2.42. The molecule has 1 saturated heterocycles. The van der Waals surface area contributed by atoms with Crippen molar-refractivity contribution in [2.45, 2.75) is 26.7 Å². The average Bonchev–Trinajstić information content (AvgIpc) is 2.93. The molecule has 1 fully saturated rings. The van der Waals surface area contributed by atoms with Crippen molar-refractivity contribution < 1.29 is 9.53 Å². The van der Waals surface area contributed by atoms with Crippen molar-refractivity contribution in [2.75, 3.05) is 46.4 Å². The maximum atomic E-state index is 11.6. The molecule has 0 saturated carbocycles. The van der Waals surface area contributed by atoms with Crippen LogP contribution in [0.3, 0.4) is 0 Å². The van der Waals surface area contributed by atoms with Gasteiger partial charge in [-0.3, -0.25) is 4.79 Å². The molecule has 1 amide bonds.